The molecule has 106 valence electrons. The summed E-state index contributed by atoms with van der Waals surface area (Å²) in [6.45, 7) is 3.98. The van der Waals surface area contributed by atoms with Crippen molar-refractivity contribution in [3.63, 3.8) is 0 Å². The van der Waals surface area contributed by atoms with Gasteiger partial charge in [0.15, 0.2) is 0 Å². The second-order valence-corrected chi connectivity index (χ2v) is 5.33. The Morgan fingerprint density at radius 1 is 1.25 bits per heavy atom. The lowest BCUT2D eigenvalue weighted by atomic mass is 9.97. The molecule has 2 rings (SSSR count). The summed E-state index contributed by atoms with van der Waals surface area (Å²) < 4.78 is 13.2. The van der Waals surface area contributed by atoms with Gasteiger partial charge in [0.2, 0.25) is 0 Å². The molecule has 1 N–H and O–H groups in total. The highest BCUT2D eigenvalue weighted by Crippen LogP contribution is 2.23. The number of likely N-dealkylation sites (N-methyl/N-ethyl adjacent to an activating group) is 1. The molecule has 2 aromatic rings. The number of nitrogens with zero attached hydrogens (tertiary/aromatic N) is 1. The Labute approximate surface area is 124 Å². The maximum atomic E-state index is 13.2. The van der Waals surface area contributed by atoms with Crippen molar-refractivity contribution in [2.45, 2.75) is 26.3 Å². The van der Waals surface area contributed by atoms with Gasteiger partial charge in [0, 0.05) is 17.4 Å². The lowest BCUT2D eigenvalue weighted by Crippen LogP contribution is -2.20. The van der Waals surface area contributed by atoms with Crippen LogP contribution in [0.3, 0.4) is 0 Å². The lowest BCUT2D eigenvalue weighted by Gasteiger charge is -2.19. The summed E-state index contributed by atoms with van der Waals surface area (Å²) in [7, 11) is 1.91. The molecule has 2 nitrogen and oxygen atoms in total. The number of nitrogens with one attached hydrogen (secondary N) is 1. The zero-order valence-electron chi connectivity index (χ0n) is 11.9. The van der Waals surface area contributed by atoms with Crippen LogP contribution in [-0.2, 0) is 6.42 Å². The van der Waals surface area contributed by atoms with Crippen LogP contribution in [0.2, 0.25) is 5.02 Å². The summed E-state index contributed by atoms with van der Waals surface area (Å²) in [5.41, 5.74) is 4.16. The van der Waals surface area contributed by atoms with E-state index in [1.54, 1.807) is 12.1 Å². The van der Waals surface area contributed by atoms with Gasteiger partial charge in [0.1, 0.15) is 5.82 Å². The van der Waals surface area contributed by atoms with Crippen molar-refractivity contribution in [3.05, 3.63) is 63.7 Å². The summed E-state index contributed by atoms with van der Waals surface area (Å²) in [6, 6.07) is 9.07. The van der Waals surface area contributed by atoms with Gasteiger partial charge in [-0.1, -0.05) is 23.7 Å². The molecule has 0 saturated heterocycles. The van der Waals surface area contributed by atoms with E-state index in [2.05, 4.69) is 16.4 Å². The number of hydrogen-bond donors (Lipinski definition) is 1. The Bertz CT molecular complexity index is 613. The number of rotatable bonds is 4. The Morgan fingerprint density at radius 3 is 2.60 bits per heavy atom. The summed E-state index contributed by atoms with van der Waals surface area (Å²) in [4.78, 5) is 4.49. The van der Waals surface area contributed by atoms with E-state index in [0.29, 0.717) is 0 Å². The normalized spacial score (nSPS) is 12.4. The van der Waals surface area contributed by atoms with Gasteiger partial charge in [-0.05, 0) is 56.6 Å². The summed E-state index contributed by atoms with van der Waals surface area (Å²) >= 11 is 5.83. The van der Waals surface area contributed by atoms with Gasteiger partial charge in [-0.2, -0.15) is 0 Å². The average molecular weight is 293 g/mol. The van der Waals surface area contributed by atoms with Gasteiger partial charge in [0.05, 0.1) is 5.02 Å². The van der Waals surface area contributed by atoms with E-state index in [0.717, 1.165) is 28.9 Å². The second kappa shape index (κ2) is 6.33. The van der Waals surface area contributed by atoms with Crippen molar-refractivity contribution < 1.29 is 4.39 Å². The predicted molar refractivity (Wildman–Crippen MR) is 80.6 cm³/mol. The molecule has 1 heterocycles. The van der Waals surface area contributed by atoms with Crippen molar-refractivity contribution in [1.82, 2.24) is 10.3 Å². The molecule has 1 aromatic heterocycles. The van der Waals surface area contributed by atoms with Crippen molar-refractivity contribution in [2.24, 2.45) is 0 Å². The van der Waals surface area contributed by atoms with E-state index in [1.165, 1.54) is 6.07 Å². The van der Waals surface area contributed by atoms with Crippen LogP contribution in [0.25, 0.3) is 0 Å². The number of halogens is 2. The van der Waals surface area contributed by atoms with Gasteiger partial charge in [-0.25, -0.2) is 4.39 Å². The maximum absolute atomic E-state index is 13.2. The molecule has 1 unspecified atom stereocenters. The third-order valence-electron chi connectivity index (χ3n) is 3.41. The first-order valence-electron chi connectivity index (χ1n) is 6.56. The zero-order valence-corrected chi connectivity index (χ0v) is 12.6. The highest BCUT2D eigenvalue weighted by molar-refractivity contribution is 6.30. The fourth-order valence-corrected chi connectivity index (χ4v) is 2.54. The molecule has 20 heavy (non-hydrogen) atoms. The highest BCUT2D eigenvalue weighted by atomic mass is 35.5. The molecule has 0 spiro atoms. The van der Waals surface area contributed by atoms with Gasteiger partial charge in [-0.3, -0.25) is 4.98 Å². The van der Waals surface area contributed by atoms with E-state index in [9.17, 15) is 4.39 Å². The van der Waals surface area contributed by atoms with E-state index in [4.69, 9.17) is 11.6 Å². The number of aryl methyl sites for hydroxylation is 2. The van der Waals surface area contributed by atoms with Crippen LogP contribution in [0.5, 0.6) is 0 Å². The minimum absolute atomic E-state index is 0.129. The second-order valence-electron chi connectivity index (χ2n) is 4.92. The van der Waals surface area contributed by atoms with Crippen LogP contribution in [0.4, 0.5) is 4.39 Å². The van der Waals surface area contributed by atoms with Crippen LogP contribution in [0.15, 0.2) is 30.3 Å². The van der Waals surface area contributed by atoms with E-state index in [-0.39, 0.29) is 16.9 Å². The SMILES string of the molecule is CNC(Cc1ccc(F)c(Cl)c1)c1ccc(C)nc1C. The molecule has 0 bridgehead atoms. The van der Waals surface area contributed by atoms with E-state index in [1.807, 2.05) is 27.0 Å². The summed E-state index contributed by atoms with van der Waals surface area (Å²) in [5.74, 6) is -0.385. The summed E-state index contributed by atoms with van der Waals surface area (Å²) in [6.07, 6.45) is 0.738. The predicted octanol–water partition coefficient (Wildman–Crippen LogP) is 3.99. The molecule has 0 fully saturated rings. The molecular formula is C16H18ClFN2. The van der Waals surface area contributed by atoms with Crippen LogP contribution in [0.1, 0.15) is 28.6 Å². The molecule has 0 aliphatic rings. The van der Waals surface area contributed by atoms with Crippen molar-refractivity contribution >= 4 is 11.6 Å². The van der Waals surface area contributed by atoms with Gasteiger partial charge >= 0.3 is 0 Å². The maximum Gasteiger partial charge on any atom is 0.141 e. The van der Waals surface area contributed by atoms with Gasteiger partial charge < -0.3 is 5.32 Å². The zero-order chi connectivity index (χ0) is 14.7. The van der Waals surface area contributed by atoms with Crippen LogP contribution in [-0.4, -0.2) is 12.0 Å². The Hall–Kier alpha value is -1.45. The first kappa shape index (κ1) is 14.9. The van der Waals surface area contributed by atoms with Crippen LogP contribution >= 0.6 is 11.6 Å². The van der Waals surface area contributed by atoms with Gasteiger partial charge in [-0.15, -0.1) is 0 Å². The van der Waals surface area contributed by atoms with Crippen molar-refractivity contribution in [3.8, 4) is 0 Å². The topological polar surface area (TPSA) is 24.9 Å². The van der Waals surface area contributed by atoms with E-state index >= 15 is 0 Å². The largest absolute Gasteiger partial charge is 0.313 e. The summed E-state index contributed by atoms with van der Waals surface area (Å²) in [5, 5.41) is 3.45. The Balaban J connectivity index is 2.26. The van der Waals surface area contributed by atoms with Crippen molar-refractivity contribution in [1.29, 1.82) is 0 Å². The molecular weight excluding hydrogens is 275 g/mol. The third kappa shape index (κ3) is 3.35. The molecule has 0 aliphatic heterocycles. The number of benzene rings is 1. The molecule has 0 amide bonds. The Morgan fingerprint density at radius 2 is 2.00 bits per heavy atom. The quantitative estimate of drug-likeness (QED) is 0.921. The molecule has 1 atom stereocenters. The van der Waals surface area contributed by atoms with Crippen molar-refractivity contribution in [2.75, 3.05) is 7.05 Å². The Kier molecular flexibility index (Phi) is 4.73. The third-order valence-corrected chi connectivity index (χ3v) is 3.70. The molecule has 4 heteroatoms. The molecule has 0 radical (unpaired) electrons. The minimum atomic E-state index is -0.385. The first-order chi connectivity index (χ1) is 9.51. The smallest absolute Gasteiger partial charge is 0.141 e. The van der Waals surface area contributed by atoms with Crippen LogP contribution < -0.4 is 5.32 Å². The van der Waals surface area contributed by atoms with E-state index < -0.39 is 0 Å². The fourth-order valence-electron chi connectivity index (χ4n) is 2.34. The number of aromatic nitrogens is 1. The van der Waals surface area contributed by atoms with Gasteiger partial charge in [0.25, 0.3) is 0 Å². The number of pyridine rings is 1. The first-order valence-corrected chi connectivity index (χ1v) is 6.94. The average Bonchev–Trinajstić information content (AvgIpc) is 2.41. The minimum Gasteiger partial charge on any atom is -0.313 e. The molecule has 0 aliphatic carbocycles. The molecule has 0 saturated carbocycles. The monoisotopic (exact) mass is 292 g/mol. The lowest BCUT2D eigenvalue weighted by molar-refractivity contribution is 0.583. The molecule has 1 aromatic carbocycles. The highest BCUT2D eigenvalue weighted by Gasteiger charge is 2.14. The van der Waals surface area contributed by atoms with Crippen LogP contribution in [0, 0.1) is 19.7 Å². The number of hydrogen-bond acceptors (Lipinski definition) is 2. The fraction of sp³-hybridized carbons (Fsp3) is 0.312. The standard InChI is InChI=1S/C16H18ClFN2/c1-10-4-6-13(11(2)20-10)16(19-3)9-12-5-7-15(18)14(17)8-12/h4-8,16,19H,9H2,1-3H3.